The first-order chi connectivity index (χ1) is 19.6. The summed E-state index contributed by atoms with van der Waals surface area (Å²) in [4.78, 5) is 29.4. The maximum absolute atomic E-state index is 14.2. The van der Waals surface area contributed by atoms with Gasteiger partial charge in [-0.3, -0.25) is 13.9 Å². The summed E-state index contributed by atoms with van der Waals surface area (Å²) in [6, 6.07) is 19.9. The van der Waals surface area contributed by atoms with Gasteiger partial charge >= 0.3 is 0 Å². The largest absolute Gasteiger partial charge is 0.352 e. The second-order valence-electron chi connectivity index (χ2n) is 10.6. The molecule has 1 saturated carbocycles. The molecule has 218 valence electrons. The van der Waals surface area contributed by atoms with Crippen LogP contribution in [0, 0.1) is 13.8 Å². The highest BCUT2D eigenvalue weighted by Gasteiger charge is 2.35. The van der Waals surface area contributed by atoms with Crippen LogP contribution in [0.1, 0.15) is 55.7 Å². The van der Waals surface area contributed by atoms with E-state index in [1.54, 1.807) is 42.5 Å². The Morgan fingerprint density at radius 1 is 0.951 bits per heavy atom. The monoisotopic (exact) mass is 595 g/mol. The topological polar surface area (TPSA) is 86.8 Å². The van der Waals surface area contributed by atoms with E-state index in [2.05, 4.69) is 5.32 Å². The van der Waals surface area contributed by atoms with Crippen molar-refractivity contribution in [2.24, 2.45) is 0 Å². The second kappa shape index (κ2) is 13.5. The molecule has 1 fully saturated rings. The van der Waals surface area contributed by atoms with Crippen molar-refractivity contribution >= 4 is 39.1 Å². The van der Waals surface area contributed by atoms with Gasteiger partial charge in [-0.25, -0.2) is 8.42 Å². The number of sulfonamides is 1. The molecule has 3 aromatic carbocycles. The number of anilines is 1. The van der Waals surface area contributed by atoms with Gasteiger partial charge in [-0.15, -0.1) is 0 Å². The van der Waals surface area contributed by atoms with Gasteiger partial charge in [0.05, 0.1) is 10.6 Å². The zero-order valence-electron chi connectivity index (χ0n) is 23.8. The van der Waals surface area contributed by atoms with Gasteiger partial charge in [0.2, 0.25) is 11.8 Å². The fourth-order valence-corrected chi connectivity index (χ4v) is 6.93. The number of amides is 2. The van der Waals surface area contributed by atoms with Crippen molar-refractivity contribution in [1.29, 1.82) is 0 Å². The van der Waals surface area contributed by atoms with Crippen molar-refractivity contribution in [2.45, 2.75) is 76.4 Å². The van der Waals surface area contributed by atoms with Gasteiger partial charge in [0, 0.05) is 17.6 Å². The lowest BCUT2D eigenvalue weighted by Gasteiger charge is -2.34. The van der Waals surface area contributed by atoms with Crippen LogP contribution in [0.4, 0.5) is 5.69 Å². The fourth-order valence-electron chi connectivity index (χ4n) is 5.31. The van der Waals surface area contributed by atoms with E-state index >= 15 is 0 Å². The summed E-state index contributed by atoms with van der Waals surface area (Å²) in [6.45, 7) is 5.30. The van der Waals surface area contributed by atoms with E-state index in [0.717, 1.165) is 42.4 Å². The predicted molar refractivity (Wildman–Crippen MR) is 163 cm³/mol. The molecular weight excluding hydrogens is 558 g/mol. The van der Waals surface area contributed by atoms with Crippen LogP contribution >= 0.6 is 11.6 Å². The van der Waals surface area contributed by atoms with Crippen molar-refractivity contribution in [3.8, 4) is 0 Å². The maximum Gasteiger partial charge on any atom is 0.264 e. The minimum absolute atomic E-state index is 0.0870. The molecule has 0 spiro atoms. The van der Waals surface area contributed by atoms with E-state index in [9.17, 15) is 18.0 Å². The third-order valence-corrected chi connectivity index (χ3v) is 9.83. The summed E-state index contributed by atoms with van der Waals surface area (Å²) in [5.41, 5.74) is 2.88. The lowest BCUT2D eigenvalue weighted by Crippen LogP contribution is -2.53. The van der Waals surface area contributed by atoms with Gasteiger partial charge in [0.1, 0.15) is 12.6 Å². The molecule has 0 unspecified atom stereocenters. The Hall–Kier alpha value is -3.36. The van der Waals surface area contributed by atoms with Crippen LogP contribution in [0.2, 0.25) is 5.02 Å². The molecule has 0 bridgehead atoms. The molecule has 2 amide bonds. The number of rotatable bonds is 11. The molecule has 0 aliphatic heterocycles. The summed E-state index contributed by atoms with van der Waals surface area (Å²) in [5, 5.41) is 3.69. The Morgan fingerprint density at radius 3 is 2.24 bits per heavy atom. The van der Waals surface area contributed by atoms with Gasteiger partial charge in [-0.05, 0) is 80.1 Å². The fraction of sp³-hybridized carbons (Fsp3) is 0.375. The summed E-state index contributed by atoms with van der Waals surface area (Å²) < 4.78 is 29.2. The minimum Gasteiger partial charge on any atom is -0.352 e. The first kappa shape index (κ1) is 30.6. The number of carbonyl (C=O) groups is 2. The highest BCUT2D eigenvalue weighted by Crippen LogP contribution is 2.29. The minimum atomic E-state index is -4.10. The molecule has 1 N–H and O–H groups in total. The lowest BCUT2D eigenvalue weighted by molar-refractivity contribution is -0.140. The first-order valence-corrected chi connectivity index (χ1v) is 15.9. The van der Waals surface area contributed by atoms with Gasteiger partial charge in [-0.1, -0.05) is 73.8 Å². The van der Waals surface area contributed by atoms with Crippen molar-refractivity contribution < 1.29 is 18.0 Å². The van der Waals surface area contributed by atoms with Gasteiger partial charge in [-0.2, -0.15) is 0 Å². The van der Waals surface area contributed by atoms with Gasteiger partial charge < -0.3 is 10.2 Å². The predicted octanol–water partition coefficient (Wildman–Crippen LogP) is 6.02. The highest BCUT2D eigenvalue weighted by molar-refractivity contribution is 7.92. The summed E-state index contributed by atoms with van der Waals surface area (Å²) >= 11 is 6.10. The Kier molecular flexibility index (Phi) is 10.1. The molecule has 41 heavy (non-hydrogen) atoms. The van der Waals surface area contributed by atoms with Crippen LogP contribution in [0.15, 0.2) is 77.7 Å². The molecule has 0 saturated heterocycles. The van der Waals surface area contributed by atoms with Crippen molar-refractivity contribution in [2.75, 3.05) is 10.8 Å². The lowest BCUT2D eigenvalue weighted by atomic mass is 10.1. The molecule has 3 aromatic rings. The molecule has 9 heteroatoms. The standard InChI is InChI=1S/C32H38ClN3O4S/c1-4-29(32(38)34-27-12-8-9-13-27)35(21-25-17-19-26(33)20-18-25)31(37)22-36(30-16-10-11-23(2)24(30)3)41(39,40)28-14-6-5-7-15-28/h5-7,10-11,14-20,27,29H,4,8-9,12-13,21-22H2,1-3H3,(H,34,38)/t29-/m1/s1. The van der Waals surface area contributed by atoms with E-state index in [0.29, 0.717) is 17.1 Å². The van der Waals surface area contributed by atoms with Crippen LogP contribution in [0.25, 0.3) is 0 Å². The summed E-state index contributed by atoms with van der Waals surface area (Å²) in [6.07, 6.45) is 4.35. The third kappa shape index (κ3) is 7.29. The third-order valence-electron chi connectivity index (χ3n) is 7.81. The SMILES string of the molecule is CC[C@H](C(=O)NC1CCCC1)N(Cc1ccc(Cl)cc1)C(=O)CN(c1cccc(C)c1C)S(=O)(=O)c1ccccc1. The molecule has 0 radical (unpaired) electrons. The Morgan fingerprint density at radius 2 is 1.61 bits per heavy atom. The maximum atomic E-state index is 14.2. The smallest absolute Gasteiger partial charge is 0.264 e. The highest BCUT2D eigenvalue weighted by atomic mass is 35.5. The average Bonchev–Trinajstić information content (AvgIpc) is 3.47. The summed E-state index contributed by atoms with van der Waals surface area (Å²) in [7, 11) is -4.10. The molecule has 0 heterocycles. The van der Waals surface area contributed by atoms with Crippen LogP contribution in [-0.4, -0.2) is 43.8 Å². The van der Waals surface area contributed by atoms with Crippen LogP contribution in [-0.2, 0) is 26.2 Å². The van der Waals surface area contributed by atoms with Gasteiger partial charge in [0.15, 0.2) is 0 Å². The first-order valence-electron chi connectivity index (χ1n) is 14.1. The Bertz CT molecular complexity index is 1460. The number of carbonyl (C=O) groups excluding carboxylic acids is 2. The van der Waals surface area contributed by atoms with E-state index in [1.807, 2.05) is 39.0 Å². The molecule has 1 aliphatic carbocycles. The summed E-state index contributed by atoms with van der Waals surface area (Å²) in [5.74, 6) is -0.681. The van der Waals surface area contributed by atoms with Crippen LogP contribution < -0.4 is 9.62 Å². The zero-order valence-corrected chi connectivity index (χ0v) is 25.4. The van der Waals surface area contributed by atoms with E-state index in [-0.39, 0.29) is 23.4 Å². The van der Waals surface area contributed by atoms with E-state index < -0.39 is 28.5 Å². The van der Waals surface area contributed by atoms with Crippen molar-refractivity contribution in [3.05, 3.63) is 94.5 Å². The number of hydrogen-bond acceptors (Lipinski definition) is 4. The van der Waals surface area contributed by atoms with Crippen molar-refractivity contribution in [3.63, 3.8) is 0 Å². The molecule has 0 aromatic heterocycles. The normalized spacial score (nSPS) is 14.4. The molecule has 4 rings (SSSR count). The number of hydrogen-bond donors (Lipinski definition) is 1. The number of benzene rings is 3. The average molecular weight is 596 g/mol. The quantitative estimate of drug-likeness (QED) is 0.294. The number of nitrogens with zero attached hydrogens (tertiary/aromatic N) is 2. The number of halogens is 1. The van der Waals surface area contributed by atoms with Gasteiger partial charge in [0.25, 0.3) is 10.0 Å². The number of aryl methyl sites for hydroxylation is 1. The van der Waals surface area contributed by atoms with Crippen LogP contribution in [0.3, 0.4) is 0 Å². The van der Waals surface area contributed by atoms with Crippen molar-refractivity contribution in [1.82, 2.24) is 10.2 Å². The molecule has 7 nitrogen and oxygen atoms in total. The second-order valence-corrected chi connectivity index (χ2v) is 12.9. The van der Waals surface area contributed by atoms with Crippen LogP contribution in [0.5, 0.6) is 0 Å². The van der Waals surface area contributed by atoms with E-state index in [4.69, 9.17) is 11.6 Å². The number of nitrogens with one attached hydrogen (secondary N) is 1. The molecule has 1 aliphatic rings. The molecule has 1 atom stereocenters. The zero-order chi connectivity index (χ0) is 29.6. The van der Waals surface area contributed by atoms with E-state index in [1.165, 1.54) is 21.3 Å². The molecular formula is C32H38ClN3O4S. The Labute approximate surface area is 248 Å². The Balaban J connectivity index is 1.73.